The van der Waals surface area contributed by atoms with Crippen molar-refractivity contribution in [2.45, 2.75) is 38.3 Å². The first kappa shape index (κ1) is 11.9. The Morgan fingerprint density at radius 2 is 2.25 bits per heavy atom. The molecule has 0 aromatic heterocycles. The van der Waals surface area contributed by atoms with Gasteiger partial charge in [-0.05, 0) is 32.9 Å². The van der Waals surface area contributed by atoms with Crippen LogP contribution in [0.25, 0.3) is 0 Å². The van der Waals surface area contributed by atoms with Crippen molar-refractivity contribution in [1.29, 1.82) is 0 Å². The summed E-state index contributed by atoms with van der Waals surface area (Å²) in [6, 6.07) is 0.639. The molecule has 2 aliphatic heterocycles. The van der Waals surface area contributed by atoms with Crippen LogP contribution in [0.15, 0.2) is 0 Å². The van der Waals surface area contributed by atoms with E-state index >= 15 is 0 Å². The molecule has 2 heterocycles. The Morgan fingerprint density at radius 3 is 2.88 bits per heavy atom. The third-order valence-corrected chi connectivity index (χ3v) is 3.92. The molecule has 2 fully saturated rings. The topological polar surface area (TPSA) is 35.6 Å². The molecular weight excluding hydrogens is 202 g/mol. The van der Waals surface area contributed by atoms with E-state index in [-0.39, 0.29) is 6.04 Å². The number of nitrogens with one attached hydrogen (secondary N) is 1. The number of carbonyl (C=O) groups is 1. The van der Waals surface area contributed by atoms with Gasteiger partial charge in [0.2, 0.25) is 5.91 Å². The van der Waals surface area contributed by atoms with E-state index in [4.69, 9.17) is 0 Å². The second-order valence-corrected chi connectivity index (χ2v) is 4.98. The number of amides is 1. The van der Waals surface area contributed by atoms with Crippen molar-refractivity contribution in [2.75, 3.05) is 33.2 Å². The lowest BCUT2D eigenvalue weighted by molar-refractivity contribution is -0.135. The number of piperazine rings is 1. The predicted molar refractivity (Wildman–Crippen MR) is 64.3 cm³/mol. The standard InChI is InChI=1S/C12H23N3O/c1-3-10-9-15(8-7-14(10)2)12(16)11-5-4-6-13-11/h10-11,13H,3-9H2,1-2H3/t10?,11-/m0/s1. The Morgan fingerprint density at radius 1 is 1.44 bits per heavy atom. The zero-order valence-electron chi connectivity index (χ0n) is 10.4. The molecule has 4 nitrogen and oxygen atoms in total. The summed E-state index contributed by atoms with van der Waals surface area (Å²) in [4.78, 5) is 16.6. The predicted octanol–water partition coefficient (Wildman–Crippen LogP) is 0.291. The highest BCUT2D eigenvalue weighted by Gasteiger charge is 2.31. The van der Waals surface area contributed by atoms with Crippen LogP contribution in [0.5, 0.6) is 0 Å². The van der Waals surface area contributed by atoms with Gasteiger partial charge >= 0.3 is 0 Å². The Balaban J connectivity index is 1.91. The highest BCUT2D eigenvalue weighted by Crippen LogP contribution is 2.14. The number of rotatable bonds is 2. The summed E-state index contributed by atoms with van der Waals surface area (Å²) in [5.41, 5.74) is 0. The van der Waals surface area contributed by atoms with Gasteiger partial charge in [-0.3, -0.25) is 9.69 Å². The first-order valence-corrected chi connectivity index (χ1v) is 6.44. The largest absolute Gasteiger partial charge is 0.338 e. The molecule has 0 bridgehead atoms. The van der Waals surface area contributed by atoms with Crippen molar-refractivity contribution < 1.29 is 4.79 Å². The smallest absolute Gasteiger partial charge is 0.239 e. The van der Waals surface area contributed by atoms with Crippen molar-refractivity contribution in [3.8, 4) is 0 Å². The second-order valence-electron chi connectivity index (χ2n) is 4.98. The van der Waals surface area contributed by atoms with E-state index in [1.54, 1.807) is 0 Å². The van der Waals surface area contributed by atoms with Gasteiger partial charge in [0.1, 0.15) is 0 Å². The first-order valence-electron chi connectivity index (χ1n) is 6.44. The van der Waals surface area contributed by atoms with Gasteiger partial charge in [0.25, 0.3) is 0 Å². The average Bonchev–Trinajstić information content (AvgIpc) is 2.82. The maximum absolute atomic E-state index is 12.2. The summed E-state index contributed by atoms with van der Waals surface area (Å²) in [6.45, 7) is 6.01. The van der Waals surface area contributed by atoms with Crippen molar-refractivity contribution in [1.82, 2.24) is 15.1 Å². The van der Waals surface area contributed by atoms with Crippen LogP contribution in [-0.4, -0.2) is 61.0 Å². The molecule has 2 rings (SSSR count). The van der Waals surface area contributed by atoms with Gasteiger partial charge in [0.05, 0.1) is 6.04 Å². The third-order valence-electron chi connectivity index (χ3n) is 3.92. The molecule has 2 aliphatic rings. The van der Waals surface area contributed by atoms with E-state index in [0.29, 0.717) is 11.9 Å². The molecule has 92 valence electrons. The molecule has 1 unspecified atom stereocenters. The minimum Gasteiger partial charge on any atom is -0.338 e. The number of carbonyl (C=O) groups excluding carboxylic acids is 1. The summed E-state index contributed by atoms with van der Waals surface area (Å²) in [5, 5.41) is 3.29. The van der Waals surface area contributed by atoms with Gasteiger partial charge in [-0.2, -0.15) is 0 Å². The molecule has 1 amide bonds. The van der Waals surface area contributed by atoms with Crippen LogP contribution >= 0.6 is 0 Å². The van der Waals surface area contributed by atoms with E-state index < -0.39 is 0 Å². The second kappa shape index (κ2) is 5.15. The first-order chi connectivity index (χ1) is 7.72. The van der Waals surface area contributed by atoms with Gasteiger partial charge in [-0.25, -0.2) is 0 Å². The van der Waals surface area contributed by atoms with E-state index in [9.17, 15) is 4.79 Å². The zero-order valence-corrected chi connectivity index (χ0v) is 10.4. The van der Waals surface area contributed by atoms with Crippen LogP contribution in [-0.2, 0) is 4.79 Å². The van der Waals surface area contributed by atoms with Crippen LogP contribution in [0.4, 0.5) is 0 Å². The summed E-state index contributed by atoms with van der Waals surface area (Å²) in [6.07, 6.45) is 3.28. The molecular formula is C12H23N3O. The molecule has 2 atom stereocenters. The summed E-state index contributed by atoms with van der Waals surface area (Å²) >= 11 is 0. The monoisotopic (exact) mass is 225 g/mol. The summed E-state index contributed by atoms with van der Waals surface area (Å²) < 4.78 is 0. The van der Waals surface area contributed by atoms with E-state index in [1.807, 2.05) is 0 Å². The SMILES string of the molecule is CCC1CN(C(=O)[C@@H]2CCCN2)CCN1C. The van der Waals surface area contributed by atoms with Crippen molar-refractivity contribution >= 4 is 5.91 Å². The normalized spacial score (nSPS) is 32.0. The molecule has 0 aromatic rings. The van der Waals surface area contributed by atoms with Crippen LogP contribution in [0.3, 0.4) is 0 Å². The maximum Gasteiger partial charge on any atom is 0.239 e. The average molecular weight is 225 g/mol. The number of nitrogens with zero attached hydrogens (tertiary/aromatic N) is 2. The Kier molecular flexibility index (Phi) is 3.82. The molecule has 16 heavy (non-hydrogen) atoms. The van der Waals surface area contributed by atoms with Crippen LogP contribution in [0, 0.1) is 0 Å². The summed E-state index contributed by atoms with van der Waals surface area (Å²) in [5.74, 6) is 0.323. The van der Waals surface area contributed by atoms with Gasteiger partial charge < -0.3 is 10.2 Å². The van der Waals surface area contributed by atoms with E-state index in [2.05, 4.69) is 29.1 Å². The molecule has 2 saturated heterocycles. The highest BCUT2D eigenvalue weighted by atomic mass is 16.2. The maximum atomic E-state index is 12.2. The van der Waals surface area contributed by atoms with Crippen LogP contribution < -0.4 is 5.32 Å². The Hall–Kier alpha value is -0.610. The minimum absolute atomic E-state index is 0.0981. The Labute approximate surface area is 98.0 Å². The fourth-order valence-electron chi connectivity index (χ4n) is 2.70. The van der Waals surface area contributed by atoms with Crippen molar-refractivity contribution in [3.05, 3.63) is 0 Å². The lowest BCUT2D eigenvalue weighted by Crippen LogP contribution is -2.56. The minimum atomic E-state index is 0.0981. The van der Waals surface area contributed by atoms with Crippen molar-refractivity contribution in [2.24, 2.45) is 0 Å². The quantitative estimate of drug-likeness (QED) is 0.734. The van der Waals surface area contributed by atoms with Crippen LogP contribution in [0.2, 0.25) is 0 Å². The number of hydrogen-bond donors (Lipinski definition) is 1. The molecule has 0 spiro atoms. The molecule has 0 saturated carbocycles. The van der Waals surface area contributed by atoms with Gasteiger partial charge in [-0.1, -0.05) is 6.92 Å². The van der Waals surface area contributed by atoms with Crippen LogP contribution in [0.1, 0.15) is 26.2 Å². The van der Waals surface area contributed by atoms with Gasteiger partial charge in [-0.15, -0.1) is 0 Å². The molecule has 0 aliphatic carbocycles. The Bertz CT molecular complexity index is 251. The number of likely N-dealkylation sites (N-methyl/N-ethyl adjacent to an activating group) is 1. The molecule has 1 N–H and O–H groups in total. The van der Waals surface area contributed by atoms with Crippen molar-refractivity contribution in [3.63, 3.8) is 0 Å². The zero-order chi connectivity index (χ0) is 11.5. The summed E-state index contributed by atoms with van der Waals surface area (Å²) in [7, 11) is 2.16. The third kappa shape index (κ3) is 2.38. The molecule has 4 heteroatoms. The fraction of sp³-hybridized carbons (Fsp3) is 0.917. The highest BCUT2D eigenvalue weighted by molar-refractivity contribution is 5.82. The fourth-order valence-corrected chi connectivity index (χ4v) is 2.70. The molecule has 0 radical (unpaired) electrons. The van der Waals surface area contributed by atoms with E-state index in [1.165, 1.54) is 0 Å². The lowest BCUT2D eigenvalue weighted by Gasteiger charge is -2.40. The van der Waals surface area contributed by atoms with Gasteiger partial charge in [0, 0.05) is 25.7 Å². The number of hydrogen-bond acceptors (Lipinski definition) is 3. The lowest BCUT2D eigenvalue weighted by atomic mass is 10.1. The van der Waals surface area contributed by atoms with E-state index in [0.717, 1.165) is 45.4 Å². The molecule has 0 aromatic carbocycles. The van der Waals surface area contributed by atoms with Gasteiger partial charge in [0.15, 0.2) is 0 Å².